The van der Waals surface area contributed by atoms with E-state index in [9.17, 15) is 4.39 Å². The Morgan fingerprint density at radius 3 is 2.76 bits per heavy atom. The molecule has 0 saturated heterocycles. The van der Waals surface area contributed by atoms with E-state index in [1.165, 1.54) is 31.2 Å². The molecule has 2 rings (SSSR count). The van der Waals surface area contributed by atoms with Crippen LogP contribution in [0.15, 0.2) is 18.2 Å². The molecule has 1 aromatic rings. The molecule has 0 aliphatic heterocycles. The number of aryl methyl sites for hydroxylation is 1. The Morgan fingerprint density at radius 1 is 1.41 bits per heavy atom. The van der Waals surface area contributed by atoms with Crippen molar-refractivity contribution in [2.45, 2.75) is 52.1 Å². The molecule has 0 radical (unpaired) electrons. The molecular weight excluding hydrogens is 213 g/mol. The third-order valence-corrected chi connectivity index (χ3v) is 3.69. The second-order valence-electron chi connectivity index (χ2n) is 5.24. The summed E-state index contributed by atoms with van der Waals surface area (Å²) in [4.78, 5) is 0. The minimum Gasteiger partial charge on any atom is -0.310 e. The van der Waals surface area contributed by atoms with E-state index < -0.39 is 0 Å². The summed E-state index contributed by atoms with van der Waals surface area (Å²) >= 11 is 0. The highest BCUT2D eigenvalue weighted by atomic mass is 19.1. The molecule has 0 aromatic heterocycles. The molecule has 1 N–H and O–H groups in total. The number of benzene rings is 1. The highest BCUT2D eigenvalue weighted by Crippen LogP contribution is 2.34. The first-order valence-electron chi connectivity index (χ1n) is 6.67. The van der Waals surface area contributed by atoms with Gasteiger partial charge in [0.2, 0.25) is 0 Å². The van der Waals surface area contributed by atoms with Gasteiger partial charge in [0.1, 0.15) is 5.82 Å². The summed E-state index contributed by atoms with van der Waals surface area (Å²) < 4.78 is 13.0. The summed E-state index contributed by atoms with van der Waals surface area (Å²) in [6.07, 6.45) is 5.30. The van der Waals surface area contributed by atoms with Gasteiger partial charge in [-0.3, -0.25) is 0 Å². The number of nitrogens with one attached hydrogen (secondary N) is 1. The SMILES string of the molecule is CCC(CC1CC1)NCc1ccc(F)cc1C. The van der Waals surface area contributed by atoms with Crippen LogP contribution in [0.4, 0.5) is 4.39 Å². The lowest BCUT2D eigenvalue weighted by molar-refractivity contribution is 0.444. The van der Waals surface area contributed by atoms with Crippen LogP contribution in [0.25, 0.3) is 0 Å². The summed E-state index contributed by atoms with van der Waals surface area (Å²) in [5.41, 5.74) is 2.25. The Hall–Kier alpha value is -0.890. The van der Waals surface area contributed by atoms with Crippen LogP contribution in [0.1, 0.15) is 43.7 Å². The van der Waals surface area contributed by atoms with Gasteiger partial charge in [0.25, 0.3) is 0 Å². The molecule has 1 fully saturated rings. The average molecular weight is 235 g/mol. The normalized spacial score (nSPS) is 17.1. The van der Waals surface area contributed by atoms with Crippen molar-refractivity contribution in [1.82, 2.24) is 5.32 Å². The van der Waals surface area contributed by atoms with Gasteiger partial charge in [-0.25, -0.2) is 4.39 Å². The molecule has 1 aromatic carbocycles. The van der Waals surface area contributed by atoms with Crippen LogP contribution in [-0.4, -0.2) is 6.04 Å². The van der Waals surface area contributed by atoms with Crippen molar-refractivity contribution in [3.63, 3.8) is 0 Å². The van der Waals surface area contributed by atoms with Gasteiger partial charge in [-0.2, -0.15) is 0 Å². The maximum atomic E-state index is 13.0. The van der Waals surface area contributed by atoms with E-state index in [1.54, 1.807) is 12.1 Å². The Bertz CT molecular complexity index is 371. The van der Waals surface area contributed by atoms with Gasteiger partial charge >= 0.3 is 0 Å². The Labute approximate surface area is 103 Å². The summed E-state index contributed by atoms with van der Waals surface area (Å²) in [6.45, 7) is 5.07. The van der Waals surface area contributed by atoms with Crippen molar-refractivity contribution >= 4 is 0 Å². The molecule has 94 valence electrons. The van der Waals surface area contributed by atoms with E-state index in [1.807, 2.05) is 13.0 Å². The van der Waals surface area contributed by atoms with Crippen LogP contribution in [-0.2, 0) is 6.54 Å². The zero-order valence-electron chi connectivity index (χ0n) is 10.8. The monoisotopic (exact) mass is 235 g/mol. The molecule has 1 nitrogen and oxygen atoms in total. The van der Waals surface area contributed by atoms with Gasteiger partial charge in [-0.15, -0.1) is 0 Å². The number of hydrogen-bond donors (Lipinski definition) is 1. The van der Waals surface area contributed by atoms with Crippen molar-refractivity contribution in [3.8, 4) is 0 Å². The molecule has 1 unspecified atom stereocenters. The fourth-order valence-electron chi connectivity index (χ4n) is 2.26. The fourth-order valence-corrected chi connectivity index (χ4v) is 2.26. The predicted octanol–water partition coefficient (Wildman–Crippen LogP) is 3.80. The van der Waals surface area contributed by atoms with Gasteiger partial charge in [0.05, 0.1) is 0 Å². The zero-order valence-corrected chi connectivity index (χ0v) is 10.8. The topological polar surface area (TPSA) is 12.0 Å². The predicted molar refractivity (Wildman–Crippen MR) is 69.4 cm³/mol. The molecule has 0 spiro atoms. The van der Waals surface area contributed by atoms with Gasteiger partial charge < -0.3 is 5.32 Å². The summed E-state index contributed by atoms with van der Waals surface area (Å²) in [5.74, 6) is 0.818. The second-order valence-corrected chi connectivity index (χ2v) is 5.24. The second kappa shape index (κ2) is 5.63. The maximum Gasteiger partial charge on any atom is 0.123 e. The van der Waals surface area contributed by atoms with Crippen LogP contribution >= 0.6 is 0 Å². The Morgan fingerprint density at radius 2 is 2.18 bits per heavy atom. The van der Waals surface area contributed by atoms with E-state index >= 15 is 0 Å². The lowest BCUT2D eigenvalue weighted by Gasteiger charge is -2.17. The lowest BCUT2D eigenvalue weighted by atomic mass is 10.1. The molecule has 0 amide bonds. The third-order valence-electron chi connectivity index (χ3n) is 3.69. The van der Waals surface area contributed by atoms with Crippen LogP contribution in [0.3, 0.4) is 0 Å². The minimum absolute atomic E-state index is 0.142. The summed E-state index contributed by atoms with van der Waals surface area (Å²) in [7, 11) is 0. The van der Waals surface area contributed by atoms with Crippen LogP contribution in [0.2, 0.25) is 0 Å². The zero-order chi connectivity index (χ0) is 12.3. The standard InChI is InChI=1S/C15H22FN/c1-3-15(9-12-4-5-12)17-10-13-6-7-14(16)8-11(13)2/h6-8,12,15,17H,3-5,9-10H2,1-2H3. The van der Waals surface area contributed by atoms with E-state index in [0.29, 0.717) is 6.04 Å². The largest absolute Gasteiger partial charge is 0.310 e. The van der Waals surface area contributed by atoms with Gasteiger partial charge in [0.15, 0.2) is 0 Å². The molecule has 0 bridgehead atoms. The molecular formula is C15H22FN. The van der Waals surface area contributed by atoms with E-state index in [4.69, 9.17) is 0 Å². The summed E-state index contributed by atoms with van der Waals surface area (Å²) in [5, 5.41) is 3.59. The number of hydrogen-bond acceptors (Lipinski definition) is 1. The Kier molecular flexibility index (Phi) is 4.16. The number of rotatable bonds is 6. The van der Waals surface area contributed by atoms with Crippen LogP contribution < -0.4 is 5.32 Å². The van der Waals surface area contributed by atoms with Crippen molar-refractivity contribution in [3.05, 3.63) is 35.1 Å². The molecule has 17 heavy (non-hydrogen) atoms. The average Bonchev–Trinajstić information content (AvgIpc) is 3.10. The smallest absolute Gasteiger partial charge is 0.123 e. The van der Waals surface area contributed by atoms with Crippen molar-refractivity contribution in [1.29, 1.82) is 0 Å². The van der Waals surface area contributed by atoms with Crippen LogP contribution in [0, 0.1) is 18.7 Å². The van der Waals surface area contributed by atoms with Crippen molar-refractivity contribution in [2.75, 3.05) is 0 Å². The first kappa shape index (κ1) is 12.6. The van der Waals surface area contributed by atoms with E-state index in [-0.39, 0.29) is 5.82 Å². The molecule has 2 heteroatoms. The first-order valence-corrected chi connectivity index (χ1v) is 6.67. The van der Waals surface area contributed by atoms with Gasteiger partial charge in [-0.1, -0.05) is 25.8 Å². The first-order chi connectivity index (χ1) is 8.19. The number of halogens is 1. The quantitative estimate of drug-likeness (QED) is 0.790. The fraction of sp³-hybridized carbons (Fsp3) is 0.600. The third kappa shape index (κ3) is 3.81. The van der Waals surface area contributed by atoms with Gasteiger partial charge in [0, 0.05) is 12.6 Å². The van der Waals surface area contributed by atoms with E-state index in [2.05, 4.69) is 12.2 Å². The maximum absolute atomic E-state index is 13.0. The van der Waals surface area contributed by atoms with Crippen molar-refractivity contribution < 1.29 is 4.39 Å². The molecule has 1 saturated carbocycles. The molecule has 1 atom stereocenters. The summed E-state index contributed by atoms with van der Waals surface area (Å²) in [6, 6.07) is 5.67. The van der Waals surface area contributed by atoms with E-state index in [0.717, 1.165) is 18.0 Å². The van der Waals surface area contributed by atoms with Gasteiger partial charge in [-0.05, 0) is 48.9 Å². The molecule has 1 aliphatic rings. The lowest BCUT2D eigenvalue weighted by Crippen LogP contribution is -2.28. The highest BCUT2D eigenvalue weighted by molar-refractivity contribution is 5.26. The van der Waals surface area contributed by atoms with Crippen LogP contribution in [0.5, 0.6) is 0 Å². The molecule has 1 aliphatic carbocycles. The minimum atomic E-state index is -0.142. The Balaban J connectivity index is 1.86. The van der Waals surface area contributed by atoms with Crippen molar-refractivity contribution in [2.24, 2.45) is 5.92 Å². The molecule has 0 heterocycles. The highest BCUT2D eigenvalue weighted by Gasteiger charge is 2.24.